The average molecular weight is 355 g/mol. The fourth-order valence-electron chi connectivity index (χ4n) is 2.06. The summed E-state index contributed by atoms with van der Waals surface area (Å²) in [5, 5.41) is 10.9. The number of nitro benzene ring substituents is 1. The first-order valence-electron chi connectivity index (χ1n) is 7.84. The summed E-state index contributed by atoms with van der Waals surface area (Å²) in [5.41, 5.74) is 0.174. The first-order chi connectivity index (χ1) is 12.6. The fourth-order valence-corrected chi connectivity index (χ4v) is 2.06. The van der Waals surface area contributed by atoms with E-state index in [-0.39, 0.29) is 24.5 Å². The van der Waals surface area contributed by atoms with Gasteiger partial charge < -0.3 is 9.47 Å². The maximum Gasteiger partial charge on any atom is 0.313 e. The lowest BCUT2D eigenvalue weighted by molar-refractivity contribution is -0.385. The highest BCUT2D eigenvalue weighted by atomic mass is 16.6. The summed E-state index contributed by atoms with van der Waals surface area (Å²) in [6.45, 7) is 0.199. The second-order valence-corrected chi connectivity index (χ2v) is 5.17. The molecule has 7 nitrogen and oxygen atoms in total. The standard InChI is InChI=1S/C19H17NO6/c21-16(11-10-15-6-4-5-9-18(15)20(23)24)14-19(22)26-13-12-25-17-7-2-1-3-8-17/h1-11H,12-14H2. The van der Waals surface area contributed by atoms with E-state index >= 15 is 0 Å². The molecular formula is C19H17NO6. The van der Waals surface area contributed by atoms with Gasteiger partial charge in [0.25, 0.3) is 5.69 Å². The van der Waals surface area contributed by atoms with Crippen LogP contribution in [-0.4, -0.2) is 29.9 Å². The monoisotopic (exact) mass is 355 g/mol. The van der Waals surface area contributed by atoms with Gasteiger partial charge in [0.2, 0.25) is 0 Å². The van der Waals surface area contributed by atoms with Crippen molar-refractivity contribution in [2.45, 2.75) is 6.42 Å². The van der Waals surface area contributed by atoms with Crippen LogP contribution in [0.4, 0.5) is 5.69 Å². The SMILES string of the molecule is O=C(C=Cc1ccccc1[N+](=O)[O-])CC(=O)OCCOc1ccccc1. The molecule has 0 atom stereocenters. The zero-order valence-electron chi connectivity index (χ0n) is 13.9. The van der Waals surface area contributed by atoms with E-state index in [1.165, 1.54) is 24.3 Å². The molecule has 2 aromatic rings. The highest BCUT2D eigenvalue weighted by Gasteiger charge is 2.11. The average Bonchev–Trinajstić information content (AvgIpc) is 2.64. The van der Waals surface area contributed by atoms with Crippen LogP contribution >= 0.6 is 0 Å². The minimum absolute atomic E-state index is 0.0227. The first-order valence-corrected chi connectivity index (χ1v) is 7.84. The van der Waals surface area contributed by atoms with Crippen molar-refractivity contribution in [1.82, 2.24) is 0 Å². The van der Waals surface area contributed by atoms with E-state index in [0.717, 1.165) is 6.08 Å². The molecule has 0 aromatic heterocycles. The summed E-state index contributed by atoms with van der Waals surface area (Å²) < 4.78 is 10.3. The number of nitro groups is 1. The normalized spacial score (nSPS) is 10.5. The lowest BCUT2D eigenvalue weighted by Gasteiger charge is -2.06. The highest BCUT2D eigenvalue weighted by molar-refractivity contribution is 6.04. The van der Waals surface area contributed by atoms with E-state index < -0.39 is 23.1 Å². The second kappa shape index (κ2) is 9.73. The number of rotatable bonds is 9. The Morgan fingerprint density at radius 2 is 1.69 bits per heavy atom. The van der Waals surface area contributed by atoms with Crippen molar-refractivity contribution >= 4 is 23.5 Å². The molecule has 0 bridgehead atoms. The lowest BCUT2D eigenvalue weighted by Crippen LogP contribution is -2.14. The van der Waals surface area contributed by atoms with E-state index in [2.05, 4.69) is 0 Å². The van der Waals surface area contributed by atoms with Gasteiger partial charge in [0, 0.05) is 6.07 Å². The first kappa shape index (κ1) is 18.9. The molecule has 0 saturated heterocycles. The smallest absolute Gasteiger partial charge is 0.313 e. The number of allylic oxidation sites excluding steroid dienone is 1. The molecule has 2 aromatic carbocycles. The Morgan fingerprint density at radius 1 is 1.00 bits per heavy atom. The van der Waals surface area contributed by atoms with Crippen LogP contribution in [0.3, 0.4) is 0 Å². The van der Waals surface area contributed by atoms with Gasteiger partial charge in [-0.1, -0.05) is 30.3 Å². The summed E-state index contributed by atoms with van der Waals surface area (Å²) in [4.78, 5) is 33.7. The molecular weight excluding hydrogens is 338 g/mol. The third-order valence-corrected chi connectivity index (χ3v) is 3.26. The minimum Gasteiger partial charge on any atom is -0.490 e. The van der Waals surface area contributed by atoms with Crippen LogP contribution in [0.5, 0.6) is 5.75 Å². The Bertz CT molecular complexity index is 801. The molecule has 0 amide bonds. The predicted octanol–water partition coefficient (Wildman–Crippen LogP) is 3.19. The Balaban J connectivity index is 1.75. The minimum atomic E-state index is -0.682. The van der Waals surface area contributed by atoms with Gasteiger partial charge in [0.05, 0.1) is 10.5 Å². The molecule has 0 aliphatic heterocycles. The molecule has 0 radical (unpaired) electrons. The molecule has 0 saturated carbocycles. The Kier molecular flexibility index (Phi) is 7.05. The third kappa shape index (κ3) is 6.20. The number of benzene rings is 2. The van der Waals surface area contributed by atoms with Crippen LogP contribution < -0.4 is 4.74 Å². The molecule has 134 valence electrons. The molecule has 0 spiro atoms. The zero-order chi connectivity index (χ0) is 18.8. The Labute approximate surface area is 150 Å². The Hall–Kier alpha value is -3.48. The summed E-state index contributed by atoms with van der Waals surface area (Å²) >= 11 is 0. The molecule has 0 aliphatic carbocycles. The van der Waals surface area contributed by atoms with Crippen molar-refractivity contribution in [3.63, 3.8) is 0 Å². The van der Waals surface area contributed by atoms with Crippen molar-refractivity contribution in [3.05, 3.63) is 76.4 Å². The summed E-state index contributed by atoms with van der Waals surface area (Å²) in [6, 6.07) is 15.1. The number of ketones is 1. The predicted molar refractivity (Wildman–Crippen MR) is 94.7 cm³/mol. The van der Waals surface area contributed by atoms with E-state index in [1.807, 2.05) is 18.2 Å². The molecule has 0 aliphatic rings. The molecule has 7 heteroatoms. The van der Waals surface area contributed by atoms with Gasteiger partial charge in [0.1, 0.15) is 25.4 Å². The van der Waals surface area contributed by atoms with Gasteiger partial charge in [0.15, 0.2) is 5.78 Å². The molecule has 0 fully saturated rings. The fraction of sp³-hybridized carbons (Fsp3) is 0.158. The Morgan fingerprint density at radius 3 is 2.42 bits per heavy atom. The molecule has 0 heterocycles. The van der Waals surface area contributed by atoms with E-state index in [9.17, 15) is 19.7 Å². The highest BCUT2D eigenvalue weighted by Crippen LogP contribution is 2.19. The largest absolute Gasteiger partial charge is 0.490 e. The number of ether oxygens (including phenoxy) is 2. The summed E-state index contributed by atoms with van der Waals surface area (Å²) in [7, 11) is 0. The number of hydrogen-bond donors (Lipinski definition) is 0. The number of esters is 1. The van der Waals surface area contributed by atoms with Gasteiger partial charge in [-0.3, -0.25) is 19.7 Å². The van der Waals surface area contributed by atoms with Crippen LogP contribution in [0, 0.1) is 10.1 Å². The summed E-state index contributed by atoms with van der Waals surface area (Å²) in [6.07, 6.45) is 2.00. The molecule has 0 unspecified atom stereocenters. The van der Waals surface area contributed by atoms with Gasteiger partial charge in [-0.25, -0.2) is 0 Å². The topological polar surface area (TPSA) is 95.7 Å². The van der Waals surface area contributed by atoms with Crippen molar-refractivity contribution in [1.29, 1.82) is 0 Å². The van der Waals surface area contributed by atoms with E-state index in [0.29, 0.717) is 5.75 Å². The third-order valence-electron chi connectivity index (χ3n) is 3.26. The van der Waals surface area contributed by atoms with E-state index in [4.69, 9.17) is 9.47 Å². The lowest BCUT2D eigenvalue weighted by atomic mass is 10.1. The molecule has 0 N–H and O–H groups in total. The molecule has 26 heavy (non-hydrogen) atoms. The second-order valence-electron chi connectivity index (χ2n) is 5.17. The van der Waals surface area contributed by atoms with Gasteiger partial charge in [-0.2, -0.15) is 0 Å². The van der Waals surface area contributed by atoms with Crippen LogP contribution in [0.25, 0.3) is 6.08 Å². The number of hydrogen-bond acceptors (Lipinski definition) is 6. The maximum atomic E-state index is 11.8. The van der Waals surface area contributed by atoms with Crippen LogP contribution in [0.15, 0.2) is 60.7 Å². The van der Waals surface area contributed by atoms with Gasteiger partial charge in [-0.05, 0) is 30.4 Å². The van der Waals surface area contributed by atoms with Gasteiger partial charge >= 0.3 is 5.97 Å². The zero-order valence-corrected chi connectivity index (χ0v) is 13.9. The maximum absolute atomic E-state index is 11.8. The number of carbonyl (C=O) groups is 2. The quantitative estimate of drug-likeness (QED) is 0.171. The van der Waals surface area contributed by atoms with Crippen molar-refractivity contribution in [3.8, 4) is 5.75 Å². The number of nitrogens with zero attached hydrogens (tertiary/aromatic N) is 1. The van der Waals surface area contributed by atoms with Gasteiger partial charge in [-0.15, -0.1) is 0 Å². The molecule has 2 rings (SSSR count). The van der Waals surface area contributed by atoms with Crippen LogP contribution in [0.2, 0.25) is 0 Å². The van der Waals surface area contributed by atoms with Crippen molar-refractivity contribution in [2.75, 3.05) is 13.2 Å². The van der Waals surface area contributed by atoms with Crippen molar-refractivity contribution < 1.29 is 24.0 Å². The van der Waals surface area contributed by atoms with E-state index in [1.54, 1.807) is 18.2 Å². The van der Waals surface area contributed by atoms with Crippen LogP contribution in [-0.2, 0) is 14.3 Å². The number of para-hydroxylation sites is 2. The van der Waals surface area contributed by atoms with Crippen LogP contribution in [0.1, 0.15) is 12.0 Å². The number of carbonyl (C=O) groups excluding carboxylic acids is 2. The van der Waals surface area contributed by atoms with Crippen molar-refractivity contribution in [2.24, 2.45) is 0 Å². The summed E-state index contributed by atoms with van der Waals surface area (Å²) in [5.74, 6) is -0.525.